The molecule has 2 aromatic rings. The molecular formula is C12H8BrCl3N2. The van der Waals surface area contributed by atoms with Gasteiger partial charge in [0.25, 0.3) is 0 Å². The van der Waals surface area contributed by atoms with Crippen molar-refractivity contribution in [3.8, 4) is 11.4 Å². The van der Waals surface area contributed by atoms with Gasteiger partial charge in [0, 0.05) is 20.6 Å². The van der Waals surface area contributed by atoms with Crippen molar-refractivity contribution in [1.29, 1.82) is 0 Å². The van der Waals surface area contributed by atoms with Gasteiger partial charge in [-0.15, -0.1) is 0 Å². The SMILES string of the molecule is CCc1c(Cl)nc(-c2ccc(Cl)cc2Br)nc1Cl. The minimum atomic E-state index is 0.384. The van der Waals surface area contributed by atoms with Crippen LogP contribution in [0.2, 0.25) is 15.3 Å². The van der Waals surface area contributed by atoms with Crippen LogP contribution in [0.25, 0.3) is 11.4 Å². The van der Waals surface area contributed by atoms with Crippen LogP contribution < -0.4 is 0 Å². The van der Waals surface area contributed by atoms with Crippen LogP contribution in [0.5, 0.6) is 0 Å². The maximum atomic E-state index is 6.09. The molecule has 94 valence electrons. The normalized spacial score (nSPS) is 10.7. The van der Waals surface area contributed by atoms with Gasteiger partial charge in [0.2, 0.25) is 0 Å². The maximum absolute atomic E-state index is 6.09. The average molecular weight is 366 g/mol. The third-order valence-electron chi connectivity index (χ3n) is 2.43. The van der Waals surface area contributed by atoms with Gasteiger partial charge in [-0.2, -0.15) is 0 Å². The smallest absolute Gasteiger partial charge is 0.163 e. The fourth-order valence-electron chi connectivity index (χ4n) is 1.51. The summed E-state index contributed by atoms with van der Waals surface area (Å²) in [5.41, 5.74) is 1.55. The lowest BCUT2D eigenvalue weighted by Crippen LogP contribution is -1.97. The quantitative estimate of drug-likeness (QED) is 0.663. The molecule has 0 saturated carbocycles. The summed E-state index contributed by atoms with van der Waals surface area (Å²) < 4.78 is 0.798. The Bertz CT molecular complexity index is 579. The highest BCUT2D eigenvalue weighted by Crippen LogP contribution is 2.31. The summed E-state index contributed by atoms with van der Waals surface area (Å²) >= 11 is 21.5. The van der Waals surface area contributed by atoms with Crippen molar-refractivity contribution in [2.75, 3.05) is 0 Å². The fraction of sp³-hybridized carbons (Fsp3) is 0.167. The van der Waals surface area contributed by atoms with Crippen molar-refractivity contribution in [1.82, 2.24) is 9.97 Å². The van der Waals surface area contributed by atoms with E-state index in [1.54, 1.807) is 12.1 Å². The summed E-state index contributed by atoms with van der Waals surface area (Å²) in [4.78, 5) is 8.52. The first-order chi connectivity index (χ1) is 8.52. The number of hydrogen-bond donors (Lipinski definition) is 0. The van der Waals surface area contributed by atoms with Gasteiger partial charge < -0.3 is 0 Å². The van der Waals surface area contributed by atoms with Crippen LogP contribution in [0.4, 0.5) is 0 Å². The lowest BCUT2D eigenvalue weighted by atomic mass is 10.2. The average Bonchev–Trinajstić information content (AvgIpc) is 2.28. The summed E-state index contributed by atoms with van der Waals surface area (Å²) in [5.74, 6) is 0.478. The molecule has 0 aliphatic carbocycles. The molecule has 0 aliphatic rings. The first-order valence-corrected chi connectivity index (χ1v) is 7.13. The summed E-state index contributed by atoms with van der Waals surface area (Å²) in [5, 5.41) is 1.40. The van der Waals surface area contributed by atoms with E-state index >= 15 is 0 Å². The Morgan fingerprint density at radius 3 is 2.22 bits per heavy atom. The Kier molecular flexibility index (Phi) is 4.49. The molecule has 18 heavy (non-hydrogen) atoms. The molecule has 0 unspecified atom stereocenters. The number of nitrogens with zero attached hydrogens (tertiary/aromatic N) is 2. The van der Waals surface area contributed by atoms with Crippen LogP contribution in [-0.2, 0) is 6.42 Å². The van der Waals surface area contributed by atoms with E-state index < -0.39 is 0 Å². The lowest BCUT2D eigenvalue weighted by Gasteiger charge is -2.08. The third-order valence-corrected chi connectivity index (χ3v) is 3.95. The van der Waals surface area contributed by atoms with Crippen molar-refractivity contribution < 1.29 is 0 Å². The zero-order valence-electron chi connectivity index (χ0n) is 9.35. The van der Waals surface area contributed by atoms with E-state index in [9.17, 15) is 0 Å². The topological polar surface area (TPSA) is 25.8 Å². The molecule has 2 nitrogen and oxygen atoms in total. The Hall–Kier alpha value is -0.350. The second-order valence-corrected chi connectivity index (χ2v) is 5.59. The van der Waals surface area contributed by atoms with E-state index in [1.165, 1.54) is 0 Å². The van der Waals surface area contributed by atoms with Crippen molar-refractivity contribution in [2.45, 2.75) is 13.3 Å². The molecule has 0 aliphatic heterocycles. The minimum absolute atomic E-state index is 0.384. The first-order valence-electron chi connectivity index (χ1n) is 5.20. The standard InChI is InChI=1S/C12H8BrCl3N2/c1-2-7-10(15)17-12(18-11(7)16)8-4-3-6(14)5-9(8)13/h3-5H,2H2,1H3. The molecule has 2 rings (SSSR count). The molecule has 1 aromatic carbocycles. The monoisotopic (exact) mass is 364 g/mol. The highest BCUT2D eigenvalue weighted by molar-refractivity contribution is 9.10. The summed E-state index contributed by atoms with van der Waals surface area (Å²) in [7, 11) is 0. The Balaban J connectivity index is 2.58. The summed E-state index contributed by atoms with van der Waals surface area (Å²) in [6.07, 6.45) is 0.694. The number of halogens is 4. The second kappa shape index (κ2) is 5.74. The minimum Gasteiger partial charge on any atom is -0.216 e. The molecule has 0 radical (unpaired) electrons. The Morgan fingerprint density at radius 1 is 1.11 bits per heavy atom. The van der Waals surface area contributed by atoms with E-state index in [2.05, 4.69) is 25.9 Å². The van der Waals surface area contributed by atoms with Crippen LogP contribution in [0.15, 0.2) is 22.7 Å². The van der Waals surface area contributed by atoms with Crippen molar-refractivity contribution in [2.24, 2.45) is 0 Å². The van der Waals surface area contributed by atoms with Gasteiger partial charge in [0.15, 0.2) is 5.82 Å². The van der Waals surface area contributed by atoms with Crippen molar-refractivity contribution in [3.05, 3.63) is 43.6 Å². The highest BCUT2D eigenvalue weighted by atomic mass is 79.9. The zero-order chi connectivity index (χ0) is 13.3. The van der Waals surface area contributed by atoms with E-state index in [0.717, 1.165) is 15.6 Å². The molecule has 0 bridgehead atoms. The predicted octanol–water partition coefficient (Wildman–Crippen LogP) is 5.43. The van der Waals surface area contributed by atoms with Gasteiger partial charge in [-0.1, -0.05) is 41.7 Å². The number of aromatic nitrogens is 2. The van der Waals surface area contributed by atoms with Crippen LogP contribution in [0, 0.1) is 0 Å². The number of rotatable bonds is 2. The molecule has 0 N–H and O–H groups in total. The van der Waals surface area contributed by atoms with Gasteiger partial charge in [-0.05, 0) is 40.5 Å². The zero-order valence-corrected chi connectivity index (χ0v) is 13.2. The molecular weight excluding hydrogens is 358 g/mol. The van der Waals surface area contributed by atoms with E-state index in [4.69, 9.17) is 34.8 Å². The van der Waals surface area contributed by atoms with Crippen LogP contribution in [0.1, 0.15) is 12.5 Å². The summed E-state index contributed by atoms with van der Waals surface area (Å²) in [6, 6.07) is 5.36. The second-order valence-electron chi connectivity index (χ2n) is 3.59. The van der Waals surface area contributed by atoms with Crippen LogP contribution >= 0.6 is 50.7 Å². The van der Waals surface area contributed by atoms with E-state index in [-0.39, 0.29) is 0 Å². The molecule has 0 amide bonds. The van der Waals surface area contributed by atoms with E-state index in [1.807, 2.05) is 13.0 Å². The van der Waals surface area contributed by atoms with Gasteiger partial charge in [-0.25, -0.2) is 9.97 Å². The predicted molar refractivity (Wildman–Crippen MR) is 79.6 cm³/mol. The van der Waals surface area contributed by atoms with Crippen molar-refractivity contribution in [3.63, 3.8) is 0 Å². The highest BCUT2D eigenvalue weighted by Gasteiger charge is 2.13. The van der Waals surface area contributed by atoms with Gasteiger partial charge in [0.1, 0.15) is 10.3 Å². The Labute approximate surface area is 128 Å². The van der Waals surface area contributed by atoms with Crippen LogP contribution in [0.3, 0.4) is 0 Å². The Morgan fingerprint density at radius 2 is 1.72 bits per heavy atom. The molecule has 0 atom stereocenters. The number of hydrogen-bond acceptors (Lipinski definition) is 2. The lowest BCUT2D eigenvalue weighted by molar-refractivity contribution is 1.05. The molecule has 6 heteroatoms. The van der Waals surface area contributed by atoms with Gasteiger partial charge >= 0.3 is 0 Å². The molecule has 0 spiro atoms. The molecule has 0 fully saturated rings. The van der Waals surface area contributed by atoms with Crippen molar-refractivity contribution >= 4 is 50.7 Å². The van der Waals surface area contributed by atoms with E-state index in [0.29, 0.717) is 27.6 Å². The first kappa shape index (κ1) is 14.1. The fourth-order valence-corrected chi connectivity index (χ4v) is 3.03. The molecule has 0 saturated heterocycles. The van der Waals surface area contributed by atoms with Gasteiger partial charge in [0.05, 0.1) is 0 Å². The largest absolute Gasteiger partial charge is 0.216 e. The summed E-state index contributed by atoms with van der Waals surface area (Å²) in [6.45, 7) is 1.95. The number of benzene rings is 1. The van der Waals surface area contributed by atoms with Crippen LogP contribution in [-0.4, -0.2) is 9.97 Å². The molecule has 1 heterocycles. The third kappa shape index (κ3) is 2.80. The maximum Gasteiger partial charge on any atom is 0.163 e. The van der Waals surface area contributed by atoms with Gasteiger partial charge in [-0.3, -0.25) is 0 Å². The molecule has 1 aromatic heterocycles.